The molecule has 1 aromatic heterocycles. The van der Waals surface area contributed by atoms with Gasteiger partial charge in [-0.1, -0.05) is 0 Å². The third-order valence-corrected chi connectivity index (χ3v) is 3.92. The van der Waals surface area contributed by atoms with Gasteiger partial charge in [-0.25, -0.2) is 4.98 Å². The molecule has 0 spiro atoms. The molecule has 16 heavy (non-hydrogen) atoms. The van der Waals surface area contributed by atoms with E-state index in [0.717, 1.165) is 18.8 Å². The Morgan fingerprint density at radius 2 is 2.44 bits per heavy atom. The normalized spacial score (nSPS) is 24.7. The highest BCUT2D eigenvalue weighted by Crippen LogP contribution is 2.24. The number of hydrogen-bond donors (Lipinski definition) is 1. The molecule has 1 N–H and O–H groups in total. The van der Waals surface area contributed by atoms with Crippen LogP contribution in [0.2, 0.25) is 0 Å². The van der Waals surface area contributed by atoms with E-state index in [1.54, 1.807) is 0 Å². The molecule has 1 aliphatic rings. The summed E-state index contributed by atoms with van der Waals surface area (Å²) in [7, 11) is 1.96. The Balaban J connectivity index is 2.30. The molecule has 2 atom stereocenters. The Hall–Kier alpha value is -0.630. The smallest absolute Gasteiger partial charge is 0.266 e. The molecule has 5 nitrogen and oxygen atoms in total. The van der Waals surface area contributed by atoms with E-state index in [2.05, 4.69) is 9.97 Å². The van der Waals surface area contributed by atoms with Gasteiger partial charge in [0.1, 0.15) is 9.39 Å². The van der Waals surface area contributed by atoms with Crippen LogP contribution in [0.25, 0.3) is 0 Å². The summed E-state index contributed by atoms with van der Waals surface area (Å²) in [6, 6.07) is 0.294. The first-order chi connectivity index (χ1) is 7.61. The topological polar surface area (TPSA) is 58.2 Å². The van der Waals surface area contributed by atoms with Crippen molar-refractivity contribution in [1.82, 2.24) is 9.97 Å². The van der Waals surface area contributed by atoms with Crippen molar-refractivity contribution in [3.8, 4) is 0 Å². The van der Waals surface area contributed by atoms with Gasteiger partial charge in [-0.2, -0.15) is 0 Å². The molecule has 6 heteroatoms. The summed E-state index contributed by atoms with van der Waals surface area (Å²) in [5, 5.41) is 0. The molecular weight excluding hydrogens is 321 g/mol. The predicted octanol–water partition coefficient (Wildman–Crippen LogP) is 0.988. The monoisotopic (exact) mass is 335 g/mol. The Morgan fingerprint density at radius 1 is 1.69 bits per heavy atom. The van der Waals surface area contributed by atoms with Crippen molar-refractivity contribution in [3.63, 3.8) is 0 Å². The zero-order valence-corrected chi connectivity index (χ0v) is 11.4. The largest absolute Gasteiger partial charge is 0.376 e. The van der Waals surface area contributed by atoms with Crippen molar-refractivity contribution in [2.75, 3.05) is 18.6 Å². The molecule has 0 aliphatic carbocycles. The molecule has 0 radical (unpaired) electrons. The molecule has 0 saturated carbocycles. The SMILES string of the molecule is CC1OCCC1N(C)c1nc[nH]c(=O)c1I. The number of aromatic amines is 1. The average molecular weight is 335 g/mol. The van der Waals surface area contributed by atoms with Crippen LogP contribution in [0.4, 0.5) is 5.82 Å². The zero-order valence-electron chi connectivity index (χ0n) is 9.24. The Kier molecular flexibility index (Phi) is 3.48. The fraction of sp³-hybridized carbons (Fsp3) is 0.600. The Bertz CT molecular complexity index is 434. The van der Waals surface area contributed by atoms with E-state index in [1.807, 2.05) is 41.5 Å². The third-order valence-electron chi connectivity index (χ3n) is 2.95. The summed E-state index contributed by atoms with van der Waals surface area (Å²) in [6.45, 7) is 2.82. The van der Waals surface area contributed by atoms with Crippen LogP contribution in [-0.2, 0) is 4.74 Å². The maximum absolute atomic E-state index is 11.5. The first kappa shape index (κ1) is 11.8. The number of aromatic nitrogens is 2. The van der Waals surface area contributed by atoms with Crippen LogP contribution in [0.5, 0.6) is 0 Å². The molecular formula is C10H14IN3O2. The van der Waals surface area contributed by atoms with Crippen LogP contribution in [-0.4, -0.2) is 35.8 Å². The summed E-state index contributed by atoms with van der Waals surface area (Å²) >= 11 is 2.02. The maximum Gasteiger partial charge on any atom is 0.266 e. The minimum absolute atomic E-state index is 0.0935. The molecule has 1 fully saturated rings. The number of nitrogens with one attached hydrogen (secondary N) is 1. The fourth-order valence-electron chi connectivity index (χ4n) is 2.01. The first-order valence-corrected chi connectivity index (χ1v) is 6.26. The molecule has 0 aromatic carbocycles. The standard InChI is InChI=1S/C10H14IN3O2/c1-6-7(3-4-16-6)14(2)9-8(11)10(15)13-5-12-9/h5-7H,3-4H2,1-2H3,(H,12,13,15). The zero-order chi connectivity index (χ0) is 11.7. The van der Waals surface area contributed by atoms with E-state index >= 15 is 0 Å². The van der Waals surface area contributed by atoms with Crippen molar-refractivity contribution in [2.24, 2.45) is 0 Å². The summed E-state index contributed by atoms with van der Waals surface area (Å²) < 4.78 is 6.15. The molecule has 88 valence electrons. The number of hydrogen-bond acceptors (Lipinski definition) is 4. The summed E-state index contributed by atoms with van der Waals surface area (Å²) in [5.41, 5.74) is -0.0935. The molecule has 1 saturated heterocycles. The highest BCUT2D eigenvalue weighted by molar-refractivity contribution is 14.1. The van der Waals surface area contributed by atoms with Crippen molar-refractivity contribution in [3.05, 3.63) is 20.3 Å². The van der Waals surface area contributed by atoms with Crippen molar-refractivity contribution >= 4 is 28.4 Å². The molecule has 1 aliphatic heterocycles. The third kappa shape index (κ3) is 2.08. The van der Waals surface area contributed by atoms with E-state index in [9.17, 15) is 4.79 Å². The Labute approximate surface area is 107 Å². The minimum atomic E-state index is -0.0935. The van der Waals surface area contributed by atoms with E-state index in [4.69, 9.17) is 4.74 Å². The van der Waals surface area contributed by atoms with Gasteiger partial charge in [0.15, 0.2) is 0 Å². The lowest BCUT2D eigenvalue weighted by Gasteiger charge is -2.28. The molecule has 1 aromatic rings. The van der Waals surface area contributed by atoms with Gasteiger partial charge in [0.2, 0.25) is 0 Å². The highest BCUT2D eigenvalue weighted by atomic mass is 127. The lowest BCUT2D eigenvalue weighted by Crippen LogP contribution is -2.38. The van der Waals surface area contributed by atoms with Crippen molar-refractivity contribution in [1.29, 1.82) is 0 Å². The molecule has 2 unspecified atom stereocenters. The van der Waals surface area contributed by atoms with Gasteiger partial charge in [0.25, 0.3) is 5.56 Å². The second-order valence-electron chi connectivity index (χ2n) is 3.91. The Morgan fingerprint density at radius 3 is 3.06 bits per heavy atom. The van der Waals surface area contributed by atoms with Crippen LogP contribution >= 0.6 is 22.6 Å². The van der Waals surface area contributed by atoms with Gasteiger partial charge < -0.3 is 14.6 Å². The summed E-state index contributed by atoms with van der Waals surface area (Å²) in [6.07, 6.45) is 2.60. The first-order valence-electron chi connectivity index (χ1n) is 5.19. The van der Waals surface area contributed by atoms with Crippen LogP contribution in [0.15, 0.2) is 11.1 Å². The number of halogens is 1. The highest BCUT2D eigenvalue weighted by Gasteiger charge is 2.29. The van der Waals surface area contributed by atoms with E-state index in [-0.39, 0.29) is 11.7 Å². The van der Waals surface area contributed by atoms with Gasteiger partial charge in [0, 0.05) is 13.7 Å². The lowest BCUT2D eigenvalue weighted by molar-refractivity contribution is 0.118. The second kappa shape index (κ2) is 4.70. The maximum atomic E-state index is 11.5. The van der Waals surface area contributed by atoms with Crippen LogP contribution in [0.3, 0.4) is 0 Å². The van der Waals surface area contributed by atoms with Crippen molar-refractivity contribution in [2.45, 2.75) is 25.5 Å². The molecule has 2 rings (SSSR count). The van der Waals surface area contributed by atoms with Gasteiger partial charge in [0.05, 0.1) is 18.5 Å². The average Bonchev–Trinajstić information content (AvgIpc) is 2.68. The molecule has 2 heterocycles. The van der Waals surface area contributed by atoms with Gasteiger partial charge in [-0.15, -0.1) is 0 Å². The van der Waals surface area contributed by atoms with E-state index in [0.29, 0.717) is 9.61 Å². The number of H-pyrrole nitrogens is 1. The summed E-state index contributed by atoms with van der Waals surface area (Å²) in [5.74, 6) is 0.728. The van der Waals surface area contributed by atoms with E-state index < -0.39 is 0 Å². The number of ether oxygens (including phenoxy) is 1. The quantitative estimate of drug-likeness (QED) is 0.819. The van der Waals surface area contributed by atoms with Crippen LogP contribution in [0, 0.1) is 3.57 Å². The summed E-state index contributed by atoms with van der Waals surface area (Å²) in [4.78, 5) is 20.3. The minimum Gasteiger partial charge on any atom is -0.376 e. The van der Waals surface area contributed by atoms with Crippen molar-refractivity contribution < 1.29 is 4.74 Å². The molecule has 0 amide bonds. The van der Waals surface area contributed by atoms with E-state index in [1.165, 1.54) is 6.33 Å². The number of rotatable bonds is 2. The van der Waals surface area contributed by atoms with Crippen LogP contribution in [0.1, 0.15) is 13.3 Å². The number of anilines is 1. The van der Waals surface area contributed by atoms with Crippen LogP contribution < -0.4 is 10.5 Å². The number of nitrogens with zero attached hydrogens (tertiary/aromatic N) is 2. The van der Waals surface area contributed by atoms with Gasteiger partial charge in [-0.3, -0.25) is 4.79 Å². The molecule has 0 bridgehead atoms. The van der Waals surface area contributed by atoms with Gasteiger partial charge in [-0.05, 0) is 35.9 Å². The van der Waals surface area contributed by atoms with Gasteiger partial charge >= 0.3 is 0 Å². The lowest BCUT2D eigenvalue weighted by atomic mass is 10.1. The number of likely N-dealkylation sites (N-methyl/N-ethyl adjacent to an activating group) is 1. The predicted molar refractivity (Wildman–Crippen MR) is 69.8 cm³/mol. The second-order valence-corrected chi connectivity index (χ2v) is 4.99. The fourth-order valence-corrected chi connectivity index (χ4v) is 2.68.